The Labute approximate surface area is 193 Å². The van der Waals surface area contributed by atoms with Crippen molar-refractivity contribution in [3.63, 3.8) is 0 Å². The maximum atomic E-state index is 11.5. The minimum absolute atomic E-state index is 0. The maximum absolute atomic E-state index is 11.5. The number of rotatable bonds is 13. The number of unbranched alkanes of at least 4 members (excludes halogenated alkanes) is 10. The Morgan fingerprint density at radius 2 is 1.21 bits per heavy atom. The van der Waals surface area contributed by atoms with E-state index in [0.29, 0.717) is 5.39 Å². The molecule has 0 bridgehead atoms. The Kier molecular flexibility index (Phi) is 12.6. The molecule has 2 aromatic rings. The molecular weight excluding hydrogens is 379 g/mol. The molecule has 0 N–H and O–H groups in total. The van der Waals surface area contributed by atoms with Crippen molar-refractivity contribution in [2.24, 2.45) is 0 Å². The second kappa shape index (κ2) is 13.8. The van der Waals surface area contributed by atoms with Gasteiger partial charge in [0.1, 0.15) is 10.1 Å². The molecule has 0 saturated carbocycles. The first kappa shape index (κ1) is 25.6. The summed E-state index contributed by atoms with van der Waals surface area (Å²) in [7, 11) is -4.44. The predicted octanol–water partition coefficient (Wildman–Crippen LogP) is 3.60. The quantitative estimate of drug-likeness (QED) is 0.287. The summed E-state index contributed by atoms with van der Waals surface area (Å²) in [5.74, 6) is 0. The Hall–Kier alpha value is -0.390. The molecule has 0 heterocycles. The van der Waals surface area contributed by atoms with E-state index in [9.17, 15) is 13.0 Å². The number of aryl methyl sites for hydroxylation is 1. The summed E-state index contributed by atoms with van der Waals surface area (Å²) in [4.78, 5) is -0.110. The molecule has 0 aliphatic rings. The molecule has 0 unspecified atom stereocenters. The van der Waals surface area contributed by atoms with Gasteiger partial charge in [0.25, 0.3) is 0 Å². The van der Waals surface area contributed by atoms with Gasteiger partial charge in [-0.1, -0.05) is 101 Å². The van der Waals surface area contributed by atoms with Crippen molar-refractivity contribution in [2.75, 3.05) is 0 Å². The van der Waals surface area contributed by atoms with Crippen LogP contribution in [0.2, 0.25) is 0 Å². The van der Waals surface area contributed by atoms with Gasteiger partial charge in [0.05, 0.1) is 4.90 Å². The van der Waals surface area contributed by atoms with Crippen LogP contribution in [-0.4, -0.2) is 13.0 Å². The molecular formula is C23H33NaO3S. The fourth-order valence-corrected chi connectivity index (χ4v) is 4.43. The second-order valence-electron chi connectivity index (χ2n) is 7.51. The van der Waals surface area contributed by atoms with E-state index in [-0.39, 0.29) is 34.5 Å². The van der Waals surface area contributed by atoms with E-state index in [1.54, 1.807) is 12.1 Å². The minimum atomic E-state index is -4.44. The Morgan fingerprint density at radius 3 is 1.75 bits per heavy atom. The first-order chi connectivity index (χ1) is 13.0. The van der Waals surface area contributed by atoms with Gasteiger partial charge in [0, 0.05) is 0 Å². The van der Waals surface area contributed by atoms with Crippen LogP contribution in [0.1, 0.15) is 83.1 Å². The zero-order valence-electron chi connectivity index (χ0n) is 17.6. The van der Waals surface area contributed by atoms with Crippen LogP contribution in [0.4, 0.5) is 0 Å². The smallest absolute Gasteiger partial charge is 0.744 e. The van der Waals surface area contributed by atoms with Crippen molar-refractivity contribution in [2.45, 2.75) is 88.9 Å². The largest absolute Gasteiger partial charge is 1.00 e. The predicted molar refractivity (Wildman–Crippen MR) is 112 cm³/mol. The standard InChI is InChI=1S/C23H34O3S.Na/c1-2-3-4-5-6-7-8-9-10-11-12-15-20-18-19-23(27(24,25)26)22-17-14-13-16-21(20)22;/h13-14,16-19H,2-12,15H2,1H3,(H,24,25,26);/q;+1/p-1. The van der Waals surface area contributed by atoms with Gasteiger partial charge in [-0.25, -0.2) is 8.42 Å². The molecule has 0 aromatic heterocycles. The molecule has 0 atom stereocenters. The van der Waals surface area contributed by atoms with Gasteiger partial charge in [0.15, 0.2) is 0 Å². The Bertz CT molecular complexity index is 803. The van der Waals surface area contributed by atoms with E-state index in [1.165, 1.54) is 70.3 Å². The first-order valence-corrected chi connectivity index (χ1v) is 11.9. The van der Waals surface area contributed by atoms with E-state index in [2.05, 4.69) is 6.92 Å². The third-order valence-corrected chi connectivity index (χ3v) is 6.19. The Morgan fingerprint density at radius 1 is 0.714 bits per heavy atom. The van der Waals surface area contributed by atoms with Crippen LogP contribution in [0.25, 0.3) is 10.8 Å². The summed E-state index contributed by atoms with van der Waals surface area (Å²) in [6, 6.07) is 10.6. The van der Waals surface area contributed by atoms with Gasteiger partial charge in [0.2, 0.25) is 0 Å². The fourth-order valence-electron chi connectivity index (χ4n) is 3.75. The molecule has 5 heteroatoms. The van der Waals surface area contributed by atoms with Crippen molar-refractivity contribution in [3.05, 3.63) is 42.0 Å². The van der Waals surface area contributed by atoms with Crippen LogP contribution >= 0.6 is 0 Å². The van der Waals surface area contributed by atoms with Crippen molar-refractivity contribution in [1.82, 2.24) is 0 Å². The molecule has 3 nitrogen and oxygen atoms in total. The summed E-state index contributed by atoms with van der Waals surface area (Å²) in [6.07, 6.45) is 15.3. The average Bonchev–Trinajstić information content (AvgIpc) is 2.65. The van der Waals surface area contributed by atoms with Crippen molar-refractivity contribution in [3.8, 4) is 0 Å². The SMILES string of the molecule is CCCCCCCCCCCCCc1ccc(S(=O)(=O)[O-])c2ccccc12.[Na+]. The van der Waals surface area contributed by atoms with Gasteiger partial charge in [-0.05, 0) is 35.2 Å². The molecule has 0 saturated heterocycles. The molecule has 0 spiro atoms. The maximum Gasteiger partial charge on any atom is 1.00 e. The van der Waals surface area contributed by atoms with Crippen LogP contribution in [0.5, 0.6) is 0 Å². The van der Waals surface area contributed by atoms with E-state index < -0.39 is 10.1 Å². The molecule has 0 aliphatic carbocycles. The molecule has 2 aromatic carbocycles. The molecule has 28 heavy (non-hydrogen) atoms. The summed E-state index contributed by atoms with van der Waals surface area (Å²) in [5.41, 5.74) is 1.13. The van der Waals surface area contributed by atoms with Crippen LogP contribution in [0, 0.1) is 0 Å². The van der Waals surface area contributed by atoms with E-state index in [1.807, 2.05) is 18.2 Å². The van der Waals surface area contributed by atoms with Crippen molar-refractivity contribution < 1.29 is 42.5 Å². The topological polar surface area (TPSA) is 57.2 Å². The average molecular weight is 413 g/mol. The number of benzene rings is 2. The monoisotopic (exact) mass is 412 g/mol. The third kappa shape index (κ3) is 8.54. The molecule has 0 radical (unpaired) electrons. The van der Waals surface area contributed by atoms with Crippen LogP contribution in [0.15, 0.2) is 41.3 Å². The molecule has 2 rings (SSSR count). The van der Waals surface area contributed by atoms with Crippen LogP contribution in [0.3, 0.4) is 0 Å². The number of fused-ring (bicyclic) bond motifs is 1. The summed E-state index contributed by atoms with van der Waals surface area (Å²) in [6.45, 7) is 2.25. The summed E-state index contributed by atoms with van der Waals surface area (Å²) < 4.78 is 34.4. The Balaban J connectivity index is 0.00000392. The van der Waals surface area contributed by atoms with Gasteiger partial charge in [-0.15, -0.1) is 0 Å². The first-order valence-electron chi connectivity index (χ1n) is 10.5. The summed E-state index contributed by atoms with van der Waals surface area (Å²) >= 11 is 0. The normalized spacial score (nSPS) is 11.5. The van der Waals surface area contributed by atoms with E-state index >= 15 is 0 Å². The zero-order valence-corrected chi connectivity index (χ0v) is 20.4. The van der Waals surface area contributed by atoms with Gasteiger partial charge < -0.3 is 4.55 Å². The molecule has 0 amide bonds. The zero-order chi connectivity index (χ0) is 19.5. The molecule has 0 fully saturated rings. The van der Waals surface area contributed by atoms with Crippen molar-refractivity contribution in [1.29, 1.82) is 0 Å². The van der Waals surface area contributed by atoms with Crippen molar-refractivity contribution >= 4 is 20.9 Å². The minimum Gasteiger partial charge on any atom is -0.744 e. The number of hydrogen-bond acceptors (Lipinski definition) is 3. The fraction of sp³-hybridized carbons (Fsp3) is 0.565. The van der Waals surface area contributed by atoms with Gasteiger partial charge >= 0.3 is 29.6 Å². The number of hydrogen-bond donors (Lipinski definition) is 0. The van der Waals surface area contributed by atoms with E-state index in [4.69, 9.17) is 0 Å². The second-order valence-corrected chi connectivity index (χ2v) is 8.86. The third-order valence-electron chi connectivity index (χ3n) is 5.29. The van der Waals surface area contributed by atoms with E-state index in [0.717, 1.165) is 23.8 Å². The van der Waals surface area contributed by atoms with Crippen LogP contribution < -0.4 is 29.6 Å². The summed E-state index contributed by atoms with van der Waals surface area (Å²) in [5, 5.41) is 1.44. The van der Waals surface area contributed by atoms with Gasteiger partial charge in [-0.2, -0.15) is 0 Å². The molecule has 0 aliphatic heterocycles. The van der Waals surface area contributed by atoms with Crippen LogP contribution in [-0.2, 0) is 16.5 Å². The molecule has 150 valence electrons. The van der Waals surface area contributed by atoms with Gasteiger partial charge in [-0.3, -0.25) is 0 Å².